The number of amides is 2. The lowest BCUT2D eigenvalue weighted by Gasteiger charge is -2.31. The van der Waals surface area contributed by atoms with E-state index in [-0.39, 0.29) is 18.0 Å². The number of ether oxygens (including phenoxy) is 1. The van der Waals surface area contributed by atoms with Crippen molar-refractivity contribution in [1.82, 2.24) is 15.2 Å². The van der Waals surface area contributed by atoms with Gasteiger partial charge in [0.25, 0.3) is 5.91 Å². The minimum absolute atomic E-state index is 0.0422. The zero-order valence-electron chi connectivity index (χ0n) is 17.2. The highest BCUT2D eigenvalue weighted by molar-refractivity contribution is 5.94. The number of carbonyl (C=O) groups excluding carboxylic acids is 2. The first kappa shape index (κ1) is 20.6. The van der Waals surface area contributed by atoms with Crippen LogP contribution in [-0.2, 0) is 4.74 Å². The van der Waals surface area contributed by atoms with E-state index in [9.17, 15) is 9.59 Å². The van der Waals surface area contributed by atoms with Crippen LogP contribution in [0, 0.1) is 13.8 Å². The van der Waals surface area contributed by atoms with E-state index in [1.165, 1.54) is 0 Å². The maximum Gasteiger partial charge on any atom is 0.409 e. The second-order valence-corrected chi connectivity index (χ2v) is 7.26. The number of aryl methyl sites for hydroxylation is 2. The van der Waals surface area contributed by atoms with Gasteiger partial charge in [-0.3, -0.25) is 4.79 Å². The minimum atomic E-state index is -0.284. The van der Waals surface area contributed by atoms with Gasteiger partial charge in [-0.25, -0.2) is 9.78 Å². The van der Waals surface area contributed by atoms with Crippen molar-refractivity contribution in [3.8, 4) is 0 Å². The van der Waals surface area contributed by atoms with Gasteiger partial charge in [0.1, 0.15) is 5.82 Å². The summed E-state index contributed by atoms with van der Waals surface area (Å²) in [5, 5.41) is 6.36. The molecule has 2 heterocycles. The van der Waals surface area contributed by atoms with Gasteiger partial charge in [-0.15, -0.1) is 0 Å². The Morgan fingerprint density at radius 2 is 1.83 bits per heavy atom. The standard InChI is InChI=1S/C22H28N4O3/c1-4-29-22(28)26-12-10-18(11-13-26)24-21(27)17-8-9-19(23-14-17)25-20-15(2)6-5-7-16(20)3/h5-9,14,18H,4,10-13H2,1-3H3,(H,23,25)(H,24,27). The van der Waals surface area contributed by atoms with E-state index in [1.54, 1.807) is 24.1 Å². The van der Waals surface area contributed by atoms with Crippen LogP contribution in [0.1, 0.15) is 41.3 Å². The van der Waals surface area contributed by atoms with Crippen LogP contribution in [-0.4, -0.2) is 47.6 Å². The molecule has 7 heteroatoms. The van der Waals surface area contributed by atoms with E-state index in [0.29, 0.717) is 43.9 Å². The number of hydrogen-bond donors (Lipinski definition) is 2. The molecule has 1 aromatic heterocycles. The molecule has 0 saturated carbocycles. The second kappa shape index (κ2) is 9.41. The van der Waals surface area contributed by atoms with E-state index in [1.807, 2.05) is 38.1 Å². The van der Waals surface area contributed by atoms with Crippen molar-refractivity contribution in [2.45, 2.75) is 39.7 Å². The van der Waals surface area contributed by atoms with Gasteiger partial charge in [0.15, 0.2) is 0 Å². The molecule has 2 amide bonds. The van der Waals surface area contributed by atoms with Crippen LogP contribution in [0.2, 0.25) is 0 Å². The van der Waals surface area contributed by atoms with Crippen molar-refractivity contribution in [3.05, 3.63) is 53.2 Å². The molecular weight excluding hydrogens is 368 g/mol. The Morgan fingerprint density at radius 1 is 1.14 bits per heavy atom. The number of pyridine rings is 1. The zero-order valence-corrected chi connectivity index (χ0v) is 17.2. The van der Waals surface area contributed by atoms with Gasteiger partial charge in [0, 0.05) is 31.0 Å². The van der Waals surface area contributed by atoms with Crippen molar-refractivity contribution >= 4 is 23.5 Å². The van der Waals surface area contributed by atoms with Crippen LogP contribution >= 0.6 is 0 Å². The largest absolute Gasteiger partial charge is 0.450 e. The summed E-state index contributed by atoms with van der Waals surface area (Å²) in [6.45, 7) is 7.43. The number of carbonyl (C=O) groups is 2. The van der Waals surface area contributed by atoms with Gasteiger partial charge in [-0.2, -0.15) is 0 Å². The normalized spacial score (nSPS) is 14.4. The fraction of sp³-hybridized carbons (Fsp3) is 0.409. The van der Waals surface area contributed by atoms with Crippen LogP contribution in [0.25, 0.3) is 0 Å². The summed E-state index contributed by atoms with van der Waals surface area (Å²) >= 11 is 0. The number of rotatable bonds is 5. The lowest BCUT2D eigenvalue weighted by molar-refractivity contribution is 0.0860. The summed E-state index contributed by atoms with van der Waals surface area (Å²) in [6.07, 6.45) is 2.72. The maximum absolute atomic E-state index is 12.5. The molecule has 1 saturated heterocycles. The lowest BCUT2D eigenvalue weighted by atomic mass is 10.0. The van der Waals surface area contributed by atoms with Crippen LogP contribution in [0.3, 0.4) is 0 Å². The van der Waals surface area contributed by atoms with Crippen LogP contribution in [0.5, 0.6) is 0 Å². The van der Waals surface area contributed by atoms with Crippen molar-refractivity contribution in [2.75, 3.05) is 25.0 Å². The molecule has 1 fully saturated rings. The zero-order chi connectivity index (χ0) is 20.8. The number of piperidine rings is 1. The first-order valence-electron chi connectivity index (χ1n) is 9.99. The van der Waals surface area contributed by atoms with E-state index in [2.05, 4.69) is 15.6 Å². The van der Waals surface area contributed by atoms with Gasteiger partial charge in [0.2, 0.25) is 0 Å². The number of hydrogen-bond acceptors (Lipinski definition) is 5. The number of nitrogens with one attached hydrogen (secondary N) is 2. The lowest BCUT2D eigenvalue weighted by Crippen LogP contribution is -2.46. The fourth-order valence-electron chi connectivity index (χ4n) is 3.43. The third kappa shape index (κ3) is 5.25. The highest BCUT2D eigenvalue weighted by Gasteiger charge is 2.24. The molecule has 2 N–H and O–H groups in total. The Morgan fingerprint density at radius 3 is 2.41 bits per heavy atom. The molecule has 2 aromatic rings. The first-order valence-corrected chi connectivity index (χ1v) is 9.99. The van der Waals surface area contributed by atoms with Gasteiger partial charge in [0.05, 0.1) is 12.2 Å². The van der Waals surface area contributed by atoms with E-state index >= 15 is 0 Å². The summed E-state index contributed by atoms with van der Waals surface area (Å²) in [4.78, 5) is 30.4. The number of nitrogens with zero attached hydrogens (tertiary/aromatic N) is 2. The van der Waals surface area contributed by atoms with Gasteiger partial charge < -0.3 is 20.3 Å². The molecule has 29 heavy (non-hydrogen) atoms. The van der Waals surface area contributed by atoms with Gasteiger partial charge in [-0.1, -0.05) is 18.2 Å². The highest BCUT2D eigenvalue weighted by atomic mass is 16.6. The molecule has 1 aliphatic heterocycles. The van der Waals surface area contributed by atoms with Gasteiger partial charge in [-0.05, 0) is 56.9 Å². The van der Waals surface area contributed by atoms with Crippen LogP contribution in [0.4, 0.5) is 16.3 Å². The van der Waals surface area contributed by atoms with E-state index in [4.69, 9.17) is 4.74 Å². The molecule has 1 aromatic carbocycles. The third-order valence-corrected chi connectivity index (χ3v) is 5.12. The van der Waals surface area contributed by atoms with Crippen molar-refractivity contribution in [1.29, 1.82) is 0 Å². The number of benzene rings is 1. The second-order valence-electron chi connectivity index (χ2n) is 7.26. The summed E-state index contributed by atoms with van der Waals surface area (Å²) in [6, 6.07) is 9.74. The molecule has 0 bridgehead atoms. The number of aromatic nitrogens is 1. The average Bonchev–Trinajstić information content (AvgIpc) is 2.72. The monoisotopic (exact) mass is 396 g/mol. The Kier molecular flexibility index (Phi) is 6.69. The first-order chi connectivity index (χ1) is 14.0. The van der Waals surface area contributed by atoms with Crippen molar-refractivity contribution in [3.63, 3.8) is 0 Å². The maximum atomic E-state index is 12.5. The predicted octanol–water partition coefficient (Wildman–Crippen LogP) is 3.79. The Balaban J connectivity index is 1.54. The number of para-hydroxylation sites is 1. The molecule has 0 aliphatic carbocycles. The summed E-state index contributed by atoms with van der Waals surface area (Å²) in [5.41, 5.74) is 3.83. The average molecular weight is 396 g/mol. The Hall–Kier alpha value is -3.09. The highest BCUT2D eigenvalue weighted by Crippen LogP contribution is 2.23. The fourth-order valence-corrected chi connectivity index (χ4v) is 3.43. The van der Waals surface area contributed by atoms with Crippen molar-refractivity contribution < 1.29 is 14.3 Å². The summed E-state index contributed by atoms with van der Waals surface area (Å²) in [7, 11) is 0. The molecule has 0 atom stereocenters. The van der Waals surface area contributed by atoms with Crippen LogP contribution < -0.4 is 10.6 Å². The molecule has 0 spiro atoms. The van der Waals surface area contributed by atoms with E-state index < -0.39 is 0 Å². The smallest absolute Gasteiger partial charge is 0.409 e. The predicted molar refractivity (Wildman–Crippen MR) is 113 cm³/mol. The summed E-state index contributed by atoms with van der Waals surface area (Å²) in [5.74, 6) is 0.549. The molecule has 0 radical (unpaired) electrons. The molecule has 0 unspecified atom stereocenters. The molecule has 7 nitrogen and oxygen atoms in total. The third-order valence-electron chi connectivity index (χ3n) is 5.12. The SMILES string of the molecule is CCOC(=O)N1CCC(NC(=O)c2ccc(Nc3c(C)cccc3C)nc2)CC1. The van der Waals surface area contributed by atoms with Crippen molar-refractivity contribution in [2.24, 2.45) is 0 Å². The Bertz CT molecular complexity index is 839. The van der Waals surface area contributed by atoms with E-state index in [0.717, 1.165) is 16.8 Å². The minimum Gasteiger partial charge on any atom is -0.450 e. The van der Waals surface area contributed by atoms with Gasteiger partial charge >= 0.3 is 6.09 Å². The molecule has 1 aliphatic rings. The quantitative estimate of drug-likeness (QED) is 0.803. The van der Waals surface area contributed by atoms with Crippen LogP contribution in [0.15, 0.2) is 36.5 Å². The number of anilines is 2. The summed E-state index contributed by atoms with van der Waals surface area (Å²) < 4.78 is 5.02. The molecule has 3 rings (SSSR count). The molecular formula is C22H28N4O3. The number of likely N-dealkylation sites (tertiary alicyclic amines) is 1. The topological polar surface area (TPSA) is 83.6 Å². The Labute approximate surface area is 171 Å². The molecule has 154 valence electrons.